The second-order valence-corrected chi connectivity index (χ2v) is 4.59. The SMILES string of the molecule is CCN(Cc1ccc2c(c1)CCN2)CC(F)(F)F. The molecule has 100 valence electrons. The molecule has 1 aromatic rings. The van der Waals surface area contributed by atoms with E-state index >= 15 is 0 Å². The Morgan fingerprint density at radius 2 is 2.11 bits per heavy atom. The molecule has 0 amide bonds. The van der Waals surface area contributed by atoms with E-state index in [9.17, 15) is 13.2 Å². The van der Waals surface area contributed by atoms with Gasteiger partial charge in [-0.2, -0.15) is 13.2 Å². The molecule has 2 rings (SSSR count). The molecule has 0 atom stereocenters. The van der Waals surface area contributed by atoms with Gasteiger partial charge in [0.2, 0.25) is 0 Å². The van der Waals surface area contributed by atoms with Crippen molar-refractivity contribution in [2.24, 2.45) is 0 Å². The maximum absolute atomic E-state index is 12.4. The Labute approximate surface area is 105 Å². The molecule has 0 bridgehead atoms. The van der Waals surface area contributed by atoms with E-state index in [2.05, 4.69) is 5.32 Å². The Morgan fingerprint density at radius 3 is 2.78 bits per heavy atom. The molecule has 0 unspecified atom stereocenters. The van der Waals surface area contributed by atoms with Crippen molar-refractivity contribution in [2.75, 3.05) is 25.0 Å². The van der Waals surface area contributed by atoms with Crippen LogP contribution < -0.4 is 5.32 Å². The van der Waals surface area contributed by atoms with Gasteiger partial charge in [-0.1, -0.05) is 19.1 Å². The fourth-order valence-corrected chi connectivity index (χ4v) is 2.25. The average molecular weight is 258 g/mol. The van der Waals surface area contributed by atoms with Crippen LogP contribution >= 0.6 is 0 Å². The minimum Gasteiger partial charge on any atom is -0.384 e. The molecule has 0 aliphatic carbocycles. The fourth-order valence-electron chi connectivity index (χ4n) is 2.25. The monoisotopic (exact) mass is 258 g/mol. The third kappa shape index (κ3) is 3.38. The first kappa shape index (κ1) is 13.2. The highest BCUT2D eigenvalue weighted by Crippen LogP contribution is 2.24. The van der Waals surface area contributed by atoms with Gasteiger partial charge in [-0.15, -0.1) is 0 Å². The summed E-state index contributed by atoms with van der Waals surface area (Å²) in [6.07, 6.45) is -3.18. The smallest absolute Gasteiger partial charge is 0.384 e. The summed E-state index contributed by atoms with van der Waals surface area (Å²) < 4.78 is 37.1. The predicted molar refractivity (Wildman–Crippen MR) is 65.6 cm³/mol. The molecular formula is C13H17F3N2. The maximum Gasteiger partial charge on any atom is 0.401 e. The van der Waals surface area contributed by atoms with E-state index in [1.165, 1.54) is 10.5 Å². The number of nitrogens with zero attached hydrogens (tertiary/aromatic N) is 1. The van der Waals surface area contributed by atoms with Crippen LogP contribution in [0, 0.1) is 0 Å². The van der Waals surface area contributed by atoms with Crippen molar-refractivity contribution in [1.29, 1.82) is 0 Å². The van der Waals surface area contributed by atoms with Crippen LogP contribution in [0.2, 0.25) is 0 Å². The van der Waals surface area contributed by atoms with E-state index in [1.807, 2.05) is 18.2 Å². The minimum absolute atomic E-state index is 0.350. The van der Waals surface area contributed by atoms with Gasteiger partial charge < -0.3 is 5.32 Å². The van der Waals surface area contributed by atoms with Crippen molar-refractivity contribution in [3.05, 3.63) is 29.3 Å². The van der Waals surface area contributed by atoms with Crippen LogP contribution in [0.4, 0.5) is 18.9 Å². The van der Waals surface area contributed by atoms with E-state index in [0.29, 0.717) is 13.1 Å². The van der Waals surface area contributed by atoms with Crippen molar-refractivity contribution < 1.29 is 13.2 Å². The molecular weight excluding hydrogens is 241 g/mol. The normalized spacial score (nSPS) is 14.7. The topological polar surface area (TPSA) is 15.3 Å². The minimum atomic E-state index is -4.13. The standard InChI is InChI=1S/C13H17F3N2/c1-2-18(9-13(14,15)16)8-10-3-4-12-11(7-10)5-6-17-12/h3-4,7,17H,2,5-6,8-9H2,1H3. The Morgan fingerprint density at radius 1 is 1.33 bits per heavy atom. The molecule has 1 heterocycles. The highest BCUT2D eigenvalue weighted by atomic mass is 19.4. The van der Waals surface area contributed by atoms with Gasteiger partial charge in [-0.05, 0) is 30.2 Å². The summed E-state index contributed by atoms with van der Waals surface area (Å²) >= 11 is 0. The number of fused-ring (bicyclic) bond motifs is 1. The number of hydrogen-bond donors (Lipinski definition) is 1. The summed E-state index contributed by atoms with van der Waals surface area (Å²) in [5.74, 6) is 0. The summed E-state index contributed by atoms with van der Waals surface area (Å²) in [7, 11) is 0. The lowest BCUT2D eigenvalue weighted by Gasteiger charge is -2.22. The van der Waals surface area contributed by atoms with Gasteiger partial charge in [-0.25, -0.2) is 0 Å². The number of alkyl halides is 3. The van der Waals surface area contributed by atoms with Crippen LogP contribution in [-0.4, -0.2) is 30.7 Å². The summed E-state index contributed by atoms with van der Waals surface area (Å²) in [5.41, 5.74) is 3.26. The molecule has 0 aromatic heterocycles. The Bertz CT molecular complexity index is 415. The lowest BCUT2D eigenvalue weighted by atomic mass is 10.1. The molecule has 1 aromatic carbocycles. The average Bonchev–Trinajstić information content (AvgIpc) is 2.73. The Balaban J connectivity index is 2.03. The number of hydrogen-bond acceptors (Lipinski definition) is 2. The fraction of sp³-hybridized carbons (Fsp3) is 0.538. The Hall–Kier alpha value is -1.23. The predicted octanol–water partition coefficient (Wildman–Crippen LogP) is 3.04. The van der Waals surface area contributed by atoms with Gasteiger partial charge >= 0.3 is 6.18 Å². The Kier molecular flexibility index (Phi) is 3.80. The molecule has 0 spiro atoms. The molecule has 1 aliphatic heterocycles. The van der Waals surface area contributed by atoms with Crippen LogP contribution in [0.15, 0.2) is 18.2 Å². The number of anilines is 1. The third-order valence-corrected chi connectivity index (χ3v) is 3.14. The first-order valence-electron chi connectivity index (χ1n) is 6.12. The zero-order valence-electron chi connectivity index (χ0n) is 10.3. The molecule has 18 heavy (non-hydrogen) atoms. The van der Waals surface area contributed by atoms with Gasteiger partial charge in [-0.3, -0.25) is 4.90 Å². The van der Waals surface area contributed by atoms with Gasteiger partial charge in [0.25, 0.3) is 0 Å². The second kappa shape index (κ2) is 5.18. The second-order valence-electron chi connectivity index (χ2n) is 4.59. The quantitative estimate of drug-likeness (QED) is 0.893. The maximum atomic E-state index is 12.4. The van der Waals surface area contributed by atoms with Gasteiger partial charge in [0, 0.05) is 18.8 Å². The molecule has 0 fully saturated rings. The summed E-state index contributed by atoms with van der Waals surface area (Å²) in [6.45, 7) is 2.57. The largest absolute Gasteiger partial charge is 0.401 e. The number of nitrogens with one attached hydrogen (secondary N) is 1. The third-order valence-electron chi connectivity index (χ3n) is 3.14. The van der Waals surface area contributed by atoms with Crippen LogP contribution in [0.25, 0.3) is 0 Å². The molecule has 0 saturated carbocycles. The lowest BCUT2D eigenvalue weighted by molar-refractivity contribution is -0.146. The first-order chi connectivity index (χ1) is 8.48. The highest BCUT2D eigenvalue weighted by molar-refractivity contribution is 5.56. The van der Waals surface area contributed by atoms with Crippen molar-refractivity contribution >= 4 is 5.69 Å². The van der Waals surface area contributed by atoms with Crippen LogP contribution in [0.3, 0.4) is 0 Å². The molecule has 0 saturated heterocycles. The van der Waals surface area contributed by atoms with Gasteiger partial charge in [0.05, 0.1) is 6.54 Å². The molecule has 2 nitrogen and oxygen atoms in total. The van der Waals surface area contributed by atoms with Crippen LogP contribution in [0.5, 0.6) is 0 Å². The molecule has 1 aliphatic rings. The zero-order valence-corrected chi connectivity index (χ0v) is 10.3. The van der Waals surface area contributed by atoms with Crippen molar-refractivity contribution in [3.63, 3.8) is 0 Å². The lowest BCUT2D eigenvalue weighted by Crippen LogP contribution is -2.33. The molecule has 0 radical (unpaired) electrons. The van der Waals surface area contributed by atoms with Crippen molar-refractivity contribution in [3.8, 4) is 0 Å². The number of halogens is 3. The summed E-state index contributed by atoms with van der Waals surface area (Å²) in [6, 6.07) is 5.86. The van der Waals surface area contributed by atoms with Crippen LogP contribution in [-0.2, 0) is 13.0 Å². The van der Waals surface area contributed by atoms with Gasteiger partial charge in [0.1, 0.15) is 0 Å². The van der Waals surface area contributed by atoms with E-state index in [4.69, 9.17) is 0 Å². The number of benzene rings is 1. The number of rotatable bonds is 4. The molecule has 5 heteroatoms. The highest BCUT2D eigenvalue weighted by Gasteiger charge is 2.30. The van der Waals surface area contributed by atoms with E-state index in [-0.39, 0.29) is 0 Å². The molecule has 1 N–H and O–H groups in total. The first-order valence-corrected chi connectivity index (χ1v) is 6.12. The summed E-state index contributed by atoms with van der Waals surface area (Å²) in [4.78, 5) is 1.41. The zero-order chi connectivity index (χ0) is 13.2. The van der Waals surface area contributed by atoms with Crippen LogP contribution in [0.1, 0.15) is 18.1 Å². The van der Waals surface area contributed by atoms with Crippen molar-refractivity contribution in [1.82, 2.24) is 4.90 Å². The van der Waals surface area contributed by atoms with Gasteiger partial charge in [0.15, 0.2) is 0 Å². The van der Waals surface area contributed by atoms with E-state index < -0.39 is 12.7 Å². The summed E-state index contributed by atoms with van der Waals surface area (Å²) in [5, 5.41) is 3.24. The van der Waals surface area contributed by atoms with E-state index in [0.717, 1.165) is 24.2 Å². The van der Waals surface area contributed by atoms with E-state index in [1.54, 1.807) is 6.92 Å². The van der Waals surface area contributed by atoms with Crippen molar-refractivity contribution in [2.45, 2.75) is 26.1 Å².